The molecular weight excluding hydrogens is 328 g/mol. The fourth-order valence-corrected chi connectivity index (χ4v) is 3.49. The van der Waals surface area contributed by atoms with Crippen LogP contribution in [0.1, 0.15) is 37.0 Å². The number of rotatable bonds is 9. The zero-order valence-corrected chi connectivity index (χ0v) is 15.4. The monoisotopic (exact) mass is 356 g/mol. The summed E-state index contributed by atoms with van der Waals surface area (Å²) in [6.45, 7) is 4.09. The predicted octanol–water partition coefficient (Wildman–Crippen LogP) is 3.53. The van der Waals surface area contributed by atoms with E-state index in [9.17, 15) is 4.79 Å². The van der Waals surface area contributed by atoms with Crippen LogP contribution in [0.3, 0.4) is 0 Å². The smallest absolute Gasteiger partial charge is 0.234 e. The number of hydrogen-bond donors (Lipinski definition) is 1. The minimum absolute atomic E-state index is 0.0382. The summed E-state index contributed by atoms with van der Waals surface area (Å²) in [6.07, 6.45) is 6.48. The van der Waals surface area contributed by atoms with Crippen LogP contribution in [0.25, 0.3) is 0 Å². The molecule has 2 aromatic rings. The van der Waals surface area contributed by atoms with E-state index in [1.807, 2.05) is 43.3 Å². The molecule has 0 bridgehead atoms. The molecule has 0 aliphatic heterocycles. The van der Waals surface area contributed by atoms with Crippen LogP contribution < -0.4 is 10.1 Å². The van der Waals surface area contributed by atoms with E-state index < -0.39 is 0 Å². The largest absolute Gasteiger partial charge is 0.492 e. The average Bonchev–Trinajstić information content (AvgIpc) is 3.32. The summed E-state index contributed by atoms with van der Waals surface area (Å²) in [6, 6.07) is 12.3. The molecule has 1 aromatic carbocycles. The molecule has 1 saturated carbocycles. The van der Waals surface area contributed by atoms with Crippen LogP contribution in [0.15, 0.2) is 47.1 Å². The van der Waals surface area contributed by atoms with E-state index in [4.69, 9.17) is 9.15 Å². The number of carbonyl (C=O) groups excluding carboxylic acids is 1. The van der Waals surface area contributed by atoms with Gasteiger partial charge in [0.25, 0.3) is 0 Å². The Morgan fingerprint density at radius 2 is 2.12 bits per heavy atom. The van der Waals surface area contributed by atoms with Crippen molar-refractivity contribution in [2.24, 2.45) is 0 Å². The SMILES string of the molecule is Cc1cccc(OCCNC(=O)CN(Cc2ccco2)C2CCCC2)c1. The van der Waals surface area contributed by atoms with Crippen molar-refractivity contribution in [2.45, 2.75) is 45.2 Å². The summed E-state index contributed by atoms with van der Waals surface area (Å²) >= 11 is 0. The first-order chi connectivity index (χ1) is 12.7. The Morgan fingerprint density at radius 1 is 1.27 bits per heavy atom. The van der Waals surface area contributed by atoms with E-state index in [-0.39, 0.29) is 5.91 Å². The van der Waals surface area contributed by atoms with Crippen molar-refractivity contribution in [3.8, 4) is 5.75 Å². The van der Waals surface area contributed by atoms with Gasteiger partial charge in [-0.3, -0.25) is 9.69 Å². The van der Waals surface area contributed by atoms with Crippen LogP contribution in [-0.4, -0.2) is 36.5 Å². The Bertz CT molecular complexity index is 678. The minimum atomic E-state index is 0.0382. The van der Waals surface area contributed by atoms with Gasteiger partial charge in [0.2, 0.25) is 5.91 Å². The van der Waals surface area contributed by atoms with Crippen molar-refractivity contribution in [1.29, 1.82) is 0 Å². The van der Waals surface area contributed by atoms with Gasteiger partial charge in [-0.1, -0.05) is 25.0 Å². The summed E-state index contributed by atoms with van der Waals surface area (Å²) < 4.78 is 11.2. The molecule has 1 aliphatic carbocycles. The van der Waals surface area contributed by atoms with Crippen molar-refractivity contribution in [1.82, 2.24) is 10.2 Å². The van der Waals surface area contributed by atoms with Gasteiger partial charge in [-0.15, -0.1) is 0 Å². The van der Waals surface area contributed by atoms with Gasteiger partial charge in [-0.05, 0) is 49.6 Å². The first-order valence-corrected chi connectivity index (χ1v) is 9.43. The van der Waals surface area contributed by atoms with Crippen LogP contribution in [0.5, 0.6) is 5.75 Å². The molecule has 1 amide bonds. The van der Waals surface area contributed by atoms with E-state index in [0.29, 0.717) is 32.3 Å². The normalized spacial score (nSPS) is 14.7. The topological polar surface area (TPSA) is 54.7 Å². The number of amides is 1. The number of furan rings is 1. The highest BCUT2D eigenvalue weighted by atomic mass is 16.5. The number of nitrogens with one attached hydrogen (secondary N) is 1. The molecule has 3 rings (SSSR count). The third-order valence-electron chi connectivity index (χ3n) is 4.81. The first kappa shape index (κ1) is 18.5. The molecule has 0 saturated heterocycles. The van der Waals surface area contributed by atoms with Gasteiger partial charge < -0.3 is 14.5 Å². The molecular formula is C21H28N2O3. The van der Waals surface area contributed by atoms with E-state index >= 15 is 0 Å². The molecule has 5 heteroatoms. The van der Waals surface area contributed by atoms with Gasteiger partial charge in [0.15, 0.2) is 0 Å². The quantitative estimate of drug-likeness (QED) is 0.699. The van der Waals surface area contributed by atoms with Crippen LogP contribution >= 0.6 is 0 Å². The zero-order valence-electron chi connectivity index (χ0n) is 15.4. The number of aryl methyl sites for hydroxylation is 1. The summed E-state index contributed by atoms with van der Waals surface area (Å²) in [4.78, 5) is 14.6. The molecule has 1 N–H and O–H groups in total. The van der Waals surface area contributed by atoms with Gasteiger partial charge in [-0.2, -0.15) is 0 Å². The Labute approximate surface area is 155 Å². The molecule has 26 heavy (non-hydrogen) atoms. The number of nitrogens with zero attached hydrogens (tertiary/aromatic N) is 1. The van der Waals surface area contributed by atoms with E-state index in [1.54, 1.807) is 6.26 Å². The molecule has 5 nitrogen and oxygen atoms in total. The molecule has 1 aromatic heterocycles. The molecule has 1 fully saturated rings. The Hall–Kier alpha value is -2.27. The van der Waals surface area contributed by atoms with Crippen molar-refractivity contribution < 1.29 is 13.9 Å². The third kappa shape index (κ3) is 5.63. The summed E-state index contributed by atoms with van der Waals surface area (Å²) in [5.74, 6) is 1.79. The van der Waals surface area contributed by atoms with Crippen molar-refractivity contribution in [3.05, 3.63) is 54.0 Å². The van der Waals surface area contributed by atoms with Crippen LogP contribution in [-0.2, 0) is 11.3 Å². The lowest BCUT2D eigenvalue weighted by Crippen LogP contribution is -2.42. The molecule has 0 radical (unpaired) electrons. The second-order valence-corrected chi connectivity index (χ2v) is 6.94. The van der Waals surface area contributed by atoms with Gasteiger partial charge in [0, 0.05) is 6.04 Å². The highest BCUT2D eigenvalue weighted by molar-refractivity contribution is 5.78. The minimum Gasteiger partial charge on any atom is -0.492 e. The number of benzene rings is 1. The van der Waals surface area contributed by atoms with Crippen LogP contribution in [0.2, 0.25) is 0 Å². The Morgan fingerprint density at radius 3 is 2.85 bits per heavy atom. The summed E-state index contributed by atoms with van der Waals surface area (Å²) in [5.41, 5.74) is 1.16. The molecule has 0 spiro atoms. The molecule has 0 atom stereocenters. The second kappa shape index (κ2) is 9.43. The highest BCUT2D eigenvalue weighted by Crippen LogP contribution is 2.24. The number of ether oxygens (including phenoxy) is 1. The lowest BCUT2D eigenvalue weighted by Gasteiger charge is -2.27. The maximum atomic E-state index is 12.4. The first-order valence-electron chi connectivity index (χ1n) is 9.43. The zero-order chi connectivity index (χ0) is 18.2. The summed E-state index contributed by atoms with van der Waals surface area (Å²) in [5, 5.41) is 2.96. The molecule has 1 heterocycles. The summed E-state index contributed by atoms with van der Waals surface area (Å²) in [7, 11) is 0. The van der Waals surface area contributed by atoms with E-state index in [1.165, 1.54) is 12.8 Å². The lowest BCUT2D eigenvalue weighted by atomic mass is 10.2. The van der Waals surface area contributed by atoms with Crippen LogP contribution in [0, 0.1) is 6.92 Å². The second-order valence-electron chi connectivity index (χ2n) is 6.94. The highest BCUT2D eigenvalue weighted by Gasteiger charge is 2.25. The van der Waals surface area contributed by atoms with E-state index in [0.717, 1.165) is 29.9 Å². The molecule has 0 unspecified atom stereocenters. The van der Waals surface area contributed by atoms with Gasteiger partial charge >= 0.3 is 0 Å². The van der Waals surface area contributed by atoms with Crippen molar-refractivity contribution >= 4 is 5.91 Å². The fourth-order valence-electron chi connectivity index (χ4n) is 3.49. The standard InChI is InChI=1S/C21H28N2O3/c1-17-6-4-9-19(14-17)26-13-11-22-21(24)16-23(18-7-2-3-8-18)15-20-10-5-12-25-20/h4-6,9-10,12,14,18H,2-3,7-8,11,13,15-16H2,1H3,(H,22,24). The van der Waals surface area contributed by atoms with Crippen molar-refractivity contribution in [2.75, 3.05) is 19.7 Å². The fraction of sp³-hybridized carbons (Fsp3) is 0.476. The number of carbonyl (C=O) groups is 1. The lowest BCUT2D eigenvalue weighted by molar-refractivity contribution is -0.123. The Balaban J connectivity index is 1.43. The molecule has 140 valence electrons. The van der Waals surface area contributed by atoms with Gasteiger partial charge in [-0.25, -0.2) is 0 Å². The average molecular weight is 356 g/mol. The maximum Gasteiger partial charge on any atom is 0.234 e. The van der Waals surface area contributed by atoms with Crippen molar-refractivity contribution in [3.63, 3.8) is 0 Å². The predicted molar refractivity (Wildman–Crippen MR) is 101 cm³/mol. The third-order valence-corrected chi connectivity index (χ3v) is 4.81. The van der Waals surface area contributed by atoms with Gasteiger partial charge in [0.1, 0.15) is 18.1 Å². The molecule has 1 aliphatic rings. The van der Waals surface area contributed by atoms with E-state index in [2.05, 4.69) is 10.2 Å². The number of hydrogen-bond acceptors (Lipinski definition) is 4. The Kier molecular flexibility index (Phi) is 6.72. The maximum absolute atomic E-state index is 12.4. The van der Waals surface area contributed by atoms with Crippen LogP contribution in [0.4, 0.5) is 0 Å². The van der Waals surface area contributed by atoms with Gasteiger partial charge in [0.05, 0.1) is 25.9 Å².